The molecule has 0 amide bonds. The molecule has 2 N–H and O–H groups in total. The molecule has 1 aromatic carbocycles. The summed E-state index contributed by atoms with van der Waals surface area (Å²) in [6.45, 7) is 1.70. The smallest absolute Gasteiger partial charge is 0.221 e. The monoisotopic (exact) mass is 284 g/mol. The van der Waals surface area contributed by atoms with E-state index in [2.05, 4.69) is 10.1 Å². The summed E-state index contributed by atoms with van der Waals surface area (Å²) in [4.78, 5) is 3.89. The van der Waals surface area contributed by atoms with E-state index in [-0.39, 0.29) is 17.3 Å². The highest BCUT2D eigenvalue weighted by molar-refractivity contribution is 5.84. The minimum Gasteiger partial charge on any atom is -0.496 e. The molecule has 1 heterocycles. The van der Waals surface area contributed by atoms with Crippen LogP contribution in [0.3, 0.4) is 0 Å². The summed E-state index contributed by atoms with van der Waals surface area (Å²) < 4.78 is 45.9. The highest BCUT2D eigenvalue weighted by atomic mass is 19.2. The van der Waals surface area contributed by atoms with E-state index in [1.54, 1.807) is 6.92 Å². The number of nitrogens with two attached hydrogens (primary N) is 1. The molecule has 0 aliphatic carbocycles. The molecule has 106 valence electrons. The van der Waals surface area contributed by atoms with Crippen LogP contribution < -0.4 is 10.5 Å². The van der Waals surface area contributed by atoms with Crippen LogP contribution >= 0.6 is 0 Å². The Kier molecular flexibility index (Phi) is 3.64. The third-order valence-corrected chi connectivity index (χ3v) is 2.53. The summed E-state index contributed by atoms with van der Waals surface area (Å²) >= 11 is 0. The predicted molar refractivity (Wildman–Crippen MR) is 67.2 cm³/mol. The molecule has 0 saturated heterocycles. The number of aromatic nitrogens is 2. The number of nitrogens with zero attached hydrogens (tertiary/aromatic N) is 3. The molecule has 0 aliphatic heterocycles. The SMILES string of the molecule is COc1cc(F)c(F)c(F)c1C=Nn1cc(C)nc1N. The number of rotatable bonds is 3. The average Bonchev–Trinajstić information content (AvgIpc) is 2.73. The minimum absolute atomic E-state index is 0.0840. The van der Waals surface area contributed by atoms with Gasteiger partial charge in [-0.25, -0.2) is 22.8 Å². The second-order valence-electron chi connectivity index (χ2n) is 3.93. The summed E-state index contributed by atoms with van der Waals surface area (Å²) in [5.74, 6) is -4.42. The topological polar surface area (TPSA) is 65.4 Å². The average molecular weight is 284 g/mol. The molecule has 0 bridgehead atoms. The number of nitrogen functional groups attached to an aromatic ring is 1. The van der Waals surface area contributed by atoms with Crippen molar-refractivity contribution in [2.24, 2.45) is 5.10 Å². The molecule has 0 fully saturated rings. The highest BCUT2D eigenvalue weighted by Crippen LogP contribution is 2.24. The first kappa shape index (κ1) is 13.9. The lowest BCUT2D eigenvalue weighted by Crippen LogP contribution is -2.03. The van der Waals surface area contributed by atoms with Crippen LogP contribution in [0, 0.1) is 24.4 Å². The van der Waals surface area contributed by atoms with Crippen LogP contribution in [0.15, 0.2) is 17.4 Å². The number of halogens is 3. The van der Waals surface area contributed by atoms with Crippen LogP contribution in [0.25, 0.3) is 0 Å². The van der Waals surface area contributed by atoms with E-state index in [1.165, 1.54) is 18.0 Å². The maximum atomic E-state index is 13.7. The van der Waals surface area contributed by atoms with E-state index in [0.29, 0.717) is 5.69 Å². The molecule has 0 unspecified atom stereocenters. The molecule has 0 radical (unpaired) electrons. The van der Waals surface area contributed by atoms with Crippen LogP contribution in [-0.2, 0) is 0 Å². The standard InChI is InChI=1S/C12H11F3N4O/c1-6-5-19(12(16)18-6)17-4-7-9(20-2)3-8(13)11(15)10(7)14/h3-5H,1-2H3,(H2,16,18). The molecule has 0 saturated carbocycles. The number of imidazole rings is 1. The van der Waals surface area contributed by atoms with E-state index in [4.69, 9.17) is 10.5 Å². The van der Waals surface area contributed by atoms with Crippen molar-refractivity contribution in [3.05, 3.63) is 41.0 Å². The number of benzene rings is 1. The zero-order chi connectivity index (χ0) is 14.9. The largest absolute Gasteiger partial charge is 0.496 e. The van der Waals surface area contributed by atoms with E-state index in [0.717, 1.165) is 12.3 Å². The van der Waals surface area contributed by atoms with Gasteiger partial charge >= 0.3 is 0 Å². The molecule has 2 rings (SSSR count). The number of hydrogen-bond acceptors (Lipinski definition) is 4. The summed E-state index contributed by atoms with van der Waals surface area (Å²) in [5, 5.41) is 3.83. The normalized spacial score (nSPS) is 11.2. The van der Waals surface area contributed by atoms with E-state index < -0.39 is 17.5 Å². The van der Waals surface area contributed by atoms with E-state index in [1.807, 2.05) is 0 Å². The van der Waals surface area contributed by atoms with Gasteiger partial charge in [0.2, 0.25) is 5.95 Å². The fourth-order valence-corrected chi connectivity index (χ4v) is 1.59. The van der Waals surface area contributed by atoms with Crippen molar-refractivity contribution in [2.45, 2.75) is 6.92 Å². The second-order valence-corrected chi connectivity index (χ2v) is 3.93. The van der Waals surface area contributed by atoms with Crippen LogP contribution in [-0.4, -0.2) is 23.0 Å². The zero-order valence-corrected chi connectivity index (χ0v) is 10.7. The molecule has 5 nitrogen and oxygen atoms in total. The molecule has 0 atom stereocenters. The van der Waals surface area contributed by atoms with Crippen LogP contribution in [0.5, 0.6) is 5.75 Å². The molecule has 0 spiro atoms. The van der Waals surface area contributed by atoms with Gasteiger partial charge in [-0.05, 0) is 6.92 Å². The third-order valence-electron chi connectivity index (χ3n) is 2.53. The molecule has 2 aromatic rings. The highest BCUT2D eigenvalue weighted by Gasteiger charge is 2.18. The van der Waals surface area contributed by atoms with Gasteiger partial charge in [-0.15, -0.1) is 0 Å². The minimum atomic E-state index is -1.60. The maximum Gasteiger partial charge on any atom is 0.221 e. The van der Waals surface area contributed by atoms with Crippen molar-refractivity contribution in [1.29, 1.82) is 0 Å². The molecule has 0 aliphatic rings. The lowest BCUT2D eigenvalue weighted by atomic mass is 10.2. The van der Waals surface area contributed by atoms with Crippen molar-refractivity contribution < 1.29 is 17.9 Å². The molecule has 8 heteroatoms. The van der Waals surface area contributed by atoms with Gasteiger partial charge in [0.05, 0.1) is 30.8 Å². The Balaban J connectivity index is 2.48. The Morgan fingerprint density at radius 2 is 2.05 bits per heavy atom. The van der Waals surface area contributed by atoms with Crippen LogP contribution in [0.2, 0.25) is 0 Å². The Morgan fingerprint density at radius 3 is 2.60 bits per heavy atom. The van der Waals surface area contributed by atoms with E-state index in [9.17, 15) is 13.2 Å². The fraction of sp³-hybridized carbons (Fsp3) is 0.167. The first-order valence-electron chi connectivity index (χ1n) is 5.51. The molecular weight excluding hydrogens is 273 g/mol. The lowest BCUT2D eigenvalue weighted by Gasteiger charge is -2.07. The summed E-state index contributed by atoms with van der Waals surface area (Å²) in [5.41, 5.74) is 5.83. The Morgan fingerprint density at radius 1 is 1.35 bits per heavy atom. The van der Waals surface area contributed by atoms with Gasteiger partial charge in [-0.3, -0.25) is 0 Å². The van der Waals surface area contributed by atoms with Crippen molar-refractivity contribution in [2.75, 3.05) is 12.8 Å². The van der Waals surface area contributed by atoms with Gasteiger partial charge in [0.15, 0.2) is 17.5 Å². The summed E-state index contributed by atoms with van der Waals surface area (Å²) in [6, 6.07) is 0.738. The van der Waals surface area contributed by atoms with Gasteiger partial charge in [0.1, 0.15) is 5.75 Å². The van der Waals surface area contributed by atoms with Crippen LogP contribution in [0.4, 0.5) is 19.1 Å². The quantitative estimate of drug-likeness (QED) is 0.693. The van der Waals surface area contributed by atoms with Gasteiger partial charge < -0.3 is 10.5 Å². The van der Waals surface area contributed by atoms with Crippen molar-refractivity contribution in [3.8, 4) is 5.75 Å². The number of hydrogen-bond donors (Lipinski definition) is 1. The van der Waals surface area contributed by atoms with Crippen molar-refractivity contribution >= 4 is 12.2 Å². The zero-order valence-electron chi connectivity index (χ0n) is 10.7. The maximum absolute atomic E-state index is 13.7. The number of anilines is 1. The lowest BCUT2D eigenvalue weighted by molar-refractivity contribution is 0.390. The number of methoxy groups -OCH3 is 1. The van der Waals surface area contributed by atoms with Gasteiger partial charge in [0, 0.05) is 6.07 Å². The second kappa shape index (κ2) is 5.24. The van der Waals surface area contributed by atoms with Gasteiger partial charge in [0.25, 0.3) is 0 Å². The molecular formula is C12H11F3N4O. The number of aryl methyl sites for hydroxylation is 1. The van der Waals surface area contributed by atoms with Crippen LogP contribution in [0.1, 0.15) is 11.3 Å². The predicted octanol–water partition coefficient (Wildman–Crippen LogP) is 2.08. The Bertz CT molecular complexity index is 682. The summed E-state index contributed by atoms with van der Waals surface area (Å²) in [6.07, 6.45) is 2.48. The van der Waals surface area contributed by atoms with Crippen molar-refractivity contribution in [1.82, 2.24) is 9.66 Å². The molecule has 20 heavy (non-hydrogen) atoms. The molecule has 1 aromatic heterocycles. The third kappa shape index (κ3) is 2.44. The summed E-state index contributed by atoms with van der Waals surface area (Å²) in [7, 11) is 1.21. The first-order chi connectivity index (χ1) is 9.43. The first-order valence-corrected chi connectivity index (χ1v) is 5.51. The van der Waals surface area contributed by atoms with Gasteiger partial charge in [-0.1, -0.05) is 0 Å². The Labute approximate surface area is 112 Å². The number of ether oxygens (including phenoxy) is 1. The fourth-order valence-electron chi connectivity index (χ4n) is 1.59. The van der Waals surface area contributed by atoms with Gasteiger partial charge in [-0.2, -0.15) is 5.10 Å². The van der Waals surface area contributed by atoms with Crippen molar-refractivity contribution in [3.63, 3.8) is 0 Å². The van der Waals surface area contributed by atoms with E-state index >= 15 is 0 Å². The Hall–Kier alpha value is -2.51.